The summed E-state index contributed by atoms with van der Waals surface area (Å²) in [5, 5.41) is 5.08. The van der Waals surface area contributed by atoms with Crippen molar-refractivity contribution < 1.29 is 31.1 Å². The zero-order chi connectivity index (χ0) is 20.9. The van der Waals surface area contributed by atoms with E-state index >= 15 is 0 Å². The van der Waals surface area contributed by atoms with E-state index in [1.54, 1.807) is 13.8 Å². The van der Waals surface area contributed by atoms with Crippen molar-refractivity contribution >= 4 is 27.1 Å². The highest BCUT2D eigenvalue weighted by Crippen LogP contribution is 2.42. The molecule has 2 N–H and O–H groups in total. The first kappa shape index (κ1) is 20.1. The monoisotopic (exact) mass is 411 g/mol. The van der Waals surface area contributed by atoms with Crippen LogP contribution in [0.4, 0.5) is 13.2 Å². The number of primary sulfonamides is 1. The van der Waals surface area contributed by atoms with Gasteiger partial charge < -0.3 is 4.74 Å². The van der Waals surface area contributed by atoms with E-state index in [9.17, 15) is 26.4 Å². The van der Waals surface area contributed by atoms with Gasteiger partial charge in [0.2, 0.25) is 15.8 Å². The second-order valence-corrected chi connectivity index (χ2v) is 8.35. The molecule has 0 saturated heterocycles. The van der Waals surface area contributed by atoms with E-state index < -0.39 is 33.1 Å². The number of ether oxygens (including phenoxy) is 1. The lowest BCUT2D eigenvalue weighted by Gasteiger charge is -2.17. The Hall–Kier alpha value is -2.65. The number of Topliss-reactive ketones (excluding diaryl/α,β-unsaturated/α-hetero) is 1. The van der Waals surface area contributed by atoms with Crippen molar-refractivity contribution in [3.05, 3.63) is 65.2 Å². The van der Waals surface area contributed by atoms with Crippen LogP contribution >= 0.6 is 0 Å². The first-order valence-corrected chi connectivity index (χ1v) is 9.64. The third kappa shape index (κ3) is 3.67. The van der Waals surface area contributed by atoms with Crippen LogP contribution in [0.25, 0.3) is 11.3 Å². The SMILES string of the molecule is CC1(C)OC(c2ccc(S(N)(=O)=O)cc2)=C(c2ccc(C(F)(F)F)cc2)C1=O. The molecule has 0 bridgehead atoms. The van der Waals surface area contributed by atoms with Gasteiger partial charge >= 0.3 is 6.18 Å². The van der Waals surface area contributed by atoms with E-state index in [1.807, 2.05) is 0 Å². The Morgan fingerprint density at radius 3 is 1.89 bits per heavy atom. The van der Waals surface area contributed by atoms with E-state index in [-0.39, 0.29) is 21.8 Å². The highest BCUT2D eigenvalue weighted by molar-refractivity contribution is 7.89. The van der Waals surface area contributed by atoms with Crippen molar-refractivity contribution in [1.82, 2.24) is 0 Å². The number of benzene rings is 2. The Bertz CT molecular complexity index is 1070. The second-order valence-electron chi connectivity index (χ2n) is 6.79. The molecular weight excluding hydrogens is 395 g/mol. The van der Waals surface area contributed by atoms with Crippen LogP contribution in [0, 0.1) is 0 Å². The predicted octanol–water partition coefficient (Wildman–Crippen LogP) is 3.60. The topological polar surface area (TPSA) is 86.5 Å². The Labute approximate surface area is 159 Å². The van der Waals surface area contributed by atoms with E-state index in [0.29, 0.717) is 5.56 Å². The molecule has 28 heavy (non-hydrogen) atoms. The molecule has 2 aromatic rings. The molecule has 9 heteroatoms. The van der Waals surface area contributed by atoms with Crippen LogP contribution in [-0.4, -0.2) is 19.8 Å². The van der Waals surface area contributed by atoms with Crippen LogP contribution in [0.3, 0.4) is 0 Å². The van der Waals surface area contributed by atoms with Gasteiger partial charge in [-0.25, -0.2) is 13.6 Å². The number of hydrogen-bond acceptors (Lipinski definition) is 4. The third-order valence-electron chi connectivity index (χ3n) is 4.30. The van der Waals surface area contributed by atoms with Crippen molar-refractivity contribution in [2.24, 2.45) is 5.14 Å². The summed E-state index contributed by atoms with van der Waals surface area (Å²) in [4.78, 5) is 12.7. The maximum absolute atomic E-state index is 12.8. The van der Waals surface area contributed by atoms with Crippen LogP contribution in [-0.2, 0) is 25.7 Å². The minimum Gasteiger partial charge on any atom is -0.478 e. The summed E-state index contributed by atoms with van der Waals surface area (Å²) in [6, 6.07) is 9.58. The Balaban J connectivity index is 2.12. The molecule has 148 valence electrons. The molecule has 0 aromatic heterocycles. The fraction of sp³-hybridized carbons (Fsp3) is 0.211. The molecule has 1 aliphatic rings. The summed E-state index contributed by atoms with van der Waals surface area (Å²) in [5.41, 5.74) is -1.25. The summed E-state index contributed by atoms with van der Waals surface area (Å²) < 4.78 is 67.0. The molecule has 0 aliphatic carbocycles. The van der Waals surface area contributed by atoms with Gasteiger partial charge in [-0.05, 0) is 55.8 Å². The Morgan fingerprint density at radius 1 is 0.929 bits per heavy atom. The molecule has 0 atom stereocenters. The molecule has 1 aliphatic heterocycles. The van der Waals surface area contributed by atoms with E-state index in [0.717, 1.165) is 12.1 Å². The minimum absolute atomic E-state index is 0.114. The van der Waals surface area contributed by atoms with Crippen molar-refractivity contribution in [3.8, 4) is 0 Å². The first-order valence-electron chi connectivity index (χ1n) is 8.10. The van der Waals surface area contributed by atoms with Gasteiger partial charge in [0, 0.05) is 5.56 Å². The van der Waals surface area contributed by atoms with Gasteiger partial charge in [0.05, 0.1) is 16.0 Å². The van der Waals surface area contributed by atoms with Gasteiger partial charge in [-0.3, -0.25) is 4.79 Å². The number of rotatable bonds is 3. The predicted molar refractivity (Wildman–Crippen MR) is 96.2 cm³/mol. The molecule has 0 fully saturated rings. The molecule has 0 unspecified atom stereocenters. The lowest BCUT2D eigenvalue weighted by molar-refractivity contribution is -0.137. The maximum Gasteiger partial charge on any atom is 0.416 e. The van der Waals surface area contributed by atoms with Crippen LogP contribution < -0.4 is 5.14 Å². The zero-order valence-electron chi connectivity index (χ0n) is 14.9. The van der Waals surface area contributed by atoms with Gasteiger partial charge in [0.25, 0.3) is 0 Å². The third-order valence-corrected chi connectivity index (χ3v) is 5.23. The summed E-state index contributed by atoms with van der Waals surface area (Å²) >= 11 is 0. The fourth-order valence-electron chi connectivity index (χ4n) is 2.84. The molecule has 2 aromatic carbocycles. The van der Waals surface area contributed by atoms with Crippen LogP contribution in [0.2, 0.25) is 0 Å². The highest BCUT2D eigenvalue weighted by atomic mass is 32.2. The summed E-state index contributed by atoms with van der Waals surface area (Å²) in [5.74, 6) is -0.228. The molecule has 0 radical (unpaired) electrons. The Morgan fingerprint density at radius 2 is 1.43 bits per heavy atom. The number of hydrogen-bond donors (Lipinski definition) is 1. The number of sulfonamides is 1. The number of carbonyl (C=O) groups is 1. The number of halogens is 3. The first-order chi connectivity index (χ1) is 12.8. The van der Waals surface area contributed by atoms with Gasteiger partial charge in [-0.1, -0.05) is 12.1 Å². The number of alkyl halides is 3. The summed E-state index contributed by atoms with van der Waals surface area (Å²) in [6.45, 7) is 3.09. The smallest absolute Gasteiger partial charge is 0.416 e. The van der Waals surface area contributed by atoms with Crippen molar-refractivity contribution in [2.75, 3.05) is 0 Å². The lowest BCUT2D eigenvalue weighted by atomic mass is 9.92. The van der Waals surface area contributed by atoms with Crippen molar-refractivity contribution in [1.29, 1.82) is 0 Å². The quantitative estimate of drug-likeness (QED) is 0.836. The molecule has 3 rings (SSSR count). The van der Waals surface area contributed by atoms with Gasteiger partial charge in [0.15, 0.2) is 5.60 Å². The van der Waals surface area contributed by atoms with E-state index in [1.165, 1.54) is 36.4 Å². The largest absolute Gasteiger partial charge is 0.478 e. The van der Waals surface area contributed by atoms with Gasteiger partial charge in [-0.15, -0.1) is 0 Å². The Kier molecular flexibility index (Phi) is 4.63. The molecule has 0 saturated carbocycles. The molecule has 0 spiro atoms. The minimum atomic E-state index is -4.49. The van der Waals surface area contributed by atoms with Crippen molar-refractivity contribution in [2.45, 2.75) is 30.5 Å². The standard InChI is InChI=1S/C19H16F3NO4S/c1-18(2)17(24)15(11-3-7-13(8-4-11)19(20,21)22)16(27-18)12-5-9-14(10-6-12)28(23,25)26/h3-10H,1-2H3,(H2,23,25,26). The molecule has 0 amide bonds. The molecule has 1 heterocycles. The van der Waals surface area contributed by atoms with Gasteiger partial charge in [0.1, 0.15) is 5.76 Å². The van der Waals surface area contributed by atoms with E-state index in [4.69, 9.17) is 9.88 Å². The van der Waals surface area contributed by atoms with Crippen LogP contribution in [0.1, 0.15) is 30.5 Å². The number of ketones is 1. The normalized spacial score (nSPS) is 17.0. The number of carbonyl (C=O) groups excluding carboxylic acids is 1. The fourth-order valence-corrected chi connectivity index (χ4v) is 3.36. The van der Waals surface area contributed by atoms with Gasteiger partial charge in [-0.2, -0.15) is 13.2 Å². The van der Waals surface area contributed by atoms with Crippen molar-refractivity contribution in [3.63, 3.8) is 0 Å². The van der Waals surface area contributed by atoms with E-state index in [2.05, 4.69) is 0 Å². The average molecular weight is 411 g/mol. The summed E-state index contributed by atoms with van der Waals surface area (Å²) in [6.07, 6.45) is -4.49. The highest BCUT2D eigenvalue weighted by Gasteiger charge is 2.43. The molecule has 5 nitrogen and oxygen atoms in total. The van der Waals surface area contributed by atoms with Crippen LogP contribution in [0.5, 0.6) is 0 Å². The summed E-state index contributed by atoms with van der Waals surface area (Å²) in [7, 11) is -3.89. The molecular formula is C19H16F3NO4S. The number of nitrogens with two attached hydrogens (primary N) is 1. The van der Waals surface area contributed by atoms with Crippen LogP contribution in [0.15, 0.2) is 53.4 Å². The average Bonchev–Trinajstić information content (AvgIpc) is 2.83. The second kappa shape index (κ2) is 6.46. The zero-order valence-corrected chi connectivity index (χ0v) is 15.7. The lowest BCUT2D eigenvalue weighted by Crippen LogP contribution is -2.29. The maximum atomic E-state index is 12.8.